The van der Waals surface area contributed by atoms with E-state index in [9.17, 15) is 9.50 Å². The van der Waals surface area contributed by atoms with E-state index >= 15 is 0 Å². The second-order valence-corrected chi connectivity index (χ2v) is 3.47. The molecule has 2 nitrogen and oxygen atoms in total. The summed E-state index contributed by atoms with van der Waals surface area (Å²) < 4.78 is 18.4. The van der Waals surface area contributed by atoms with Gasteiger partial charge in [-0.3, -0.25) is 0 Å². The molecule has 0 aliphatic rings. The molecule has 1 N–H and O–H groups in total. The summed E-state index contributed by atoms with van der Waals surface area (Å²) in [6, 6.07) is 4.48. The number of benzene rings is 1. The molecular weight excluding hydrogens is 183 g/mol. The van der Waals surface area contributed by atoms with Gasteiger partial charge in [0.1, 0.15) is 23.3 Å². The van der Waals surface area contributed by atoms with Crippen LogP contribution in [0.15, 0.2) is 22.6 Å². The normalized spacial score (nSPS) is 13.4. The van der Waals surface area contributed by atoms with Crippen molar-refractivity contribution in [2.75, 3.05) is 0 Å². The molecule has 74 valence electrons. The fourth-order valence-electron chi connectivity index (χ4n) is 1.51. The fourth-order valence-corrected chi connectivity index (χ4v) is 1.51. The molecule has 2 aromatic rings. The molecule has 0 spiro atoms. The van der Waals surface area contributed by atoms with Gasteiger partial charge >= 0.3 is 0 Å². The van der Waals surface area contributed by atoms with Gasteiger partial charge in [-0.15, -0.1) is 0 Å². The Morgan fingerprint density at radius 3 is 2.71 bits per heavy atom. The van der Waals surface area contributed by atoms with Crippen molar-refractivity contribution >= 4 is 11.0 Å². The molecule has 14 heavy (non-hydrogen) atoms. The summed E-state index contributed by atoms with van der Waals surface area (Å²) in [4.78, 5) is 0. The number of rotatable bonds is 1. The van der Waals surface area contributed by atoms with Gasteiger partial charge in [-0.2, -0.15) is 0 Å². The summed E-state index contributed by atoms with van der Waals surface area (Å²) in [5.74, 6) is 0.182. The Balaban J connectivity index is 2.70. The monoisotopic (exact) mass is 194 g/mol. The lowest BCUT2D eigenvalue weighted by Gasteiger charge is -1.96. The quantitative estimate of drug-likeness (QED) is 0.757. The molecule has 0 aliphatic carbocycles. The molecule has 1 heterocycles. The topological polar surface area (TPSA) is 33.4 Å². The first kappa shape index (κ1) is 9.21. The first-order valence-electron chi connectivity index (χ1n) is 4.45. The number of hydrogen-bond acceptors (Lipinski definition) is 2. The van der Waals surface area contributed by atoms with Crippen LogP contribution in [-0.4, -0.2) is 5.11 Å². The average Bonchev–Trinajstić information content (AvgIpc) is 2.47. The maximum atomic E-state index is 13.0. The summed E-state index contributed by atoms with van der Waals surface area (Å²) in [7, 11) is 0. The number of aliphatic hydroxyl groups excluding tert-OH is 1. The van der Waals surface area contributed by atoms with Gasteiger partial charge in [-0.05, 0) is 37.6 Å². The predicted octanol–water partition coefficient (Wildman–Crippen LogP) is 2.93. The van der Waals surface area contributed by atoms with Crippen LogP contribution < -0.4 is 0 Å². The molecule has 1 unspecified atom stereocenters. The smallest absolute Gasteiger partial charge is 0.137 e. The van der Waals surface area contributed by atoms with Crippen molar-refractivity contribution in [3.05, 3.63) is 35.3 Å². The standard InChI is InChI=1S/C11H11FO2/c1-6-3-9(12)4-8-5-10(7(2)13)14-11(6)8/h3-5,7,13H,1-2H3. The molecule has 3 heteroatoms. The van der Waals surface area contributed by atoms with Crippen LogP contribution in [0.5, 0.6) is 0 Å². The first-order chi connectivity index (χ1) is 6.58. The van der Waals surface area contributed by atoms with Gasteiger partial charge < -0.3 is 9.52 Å². The highest BCUT2D eigenvalue weighted by Crippen LogP contribution is 2.27. The van der Waals surface area contributed by atoms with E-state index in [0.29, 0.717) is 16.7 Å². The summed E-state index contributed by atoms with van der Waals surface area (Å²) in [6.07, 6.45) is -0.662. The second-order valence-electron chi connectivity index (χ2n) is 3.47. The number of fused-ring (bicyclic) bond motifs is 1. The molecule has 0 bridgehead atoms. The highest BCUT2D eigenvalue weighted by atomic mass is 19.1. The van der Waals surface area contributed by atoms with Gasteiger partial charge in [-0.1, -0.05) is 0 Å². The Bertz CT molecular complexity index is 471. The number of halogens is 1. The number of aliphatic hydroxyl groups is 1. The van der Waals surface area contributed by atoms with Crippen LogP contribution in [0.2, 0.25) is 0 Å². The van der Waals surface area contributed by atoms with E-state index < -0.39 is 6.10 Å². The number of hydrogen-bond donors (Lipinski definition) is 1. The first-order valence-corrected chi connectivity index (χ1v) is 4.45. The van der Waals surface area contributed by atoms with Crippen molar-refractivity contribution in [1.29, 1.82) is 0 Å². The zero-order valence-electron chi connectivity index (χ0n) is 8.04. The molecule has 1 aromatic carbocycles. The van der Waals surface area contributed by atoms with Crippen molar-refractivity contribution in [2.24, 2.45) is 0 Å². The molecule has 0 saturated carbocycles. The van der Waals surface area contributed by atoms with Crippen molar-refractivity contribution < 1.29 is 13.9 Å². The number of furan rings is 1. The molecule has 0 radical (unpaired) electrons. The van der Waals surface area contributed by atoms with Crippen molar-refractivity contribution in [3.63, 3.8) is 0 Å². The van der Waals surface area contributed by atoms with Gasteiger partial charge in [0.15, 0.2) is 0 Å². The van der Waals surface area contributed by atoms with Gasteiger partial charge in [-0.25, -0.2) is 4.39 Å². The van der Waals surface area contributed by atoms with E-state index in [4.69, 9.17) is 4.42 Å². The maximum Gasteiger partial charge on any atom is 0.137 e. The third-order valence-corrected chi connectivity index (χ3v) is 2.20. The Kier molecular flexibility index (Phi) is 2.04. The minimum atomic E-state index is -0.662. The summed E-state index contributed by atoms with van der Waals surface area (Å²) >= 11 is 0. The van der Waals surface area contributed by atoms with Crippen LogP contribution in [0.4, 0.5) is 4.39 Å². The average molecular weight is 194 g/mol. The van der Waals surface area contributed by atoms with Crippen molar-refractivity contribution in [1.82, 2.24) is 0 Å². The highest BCUT2D eigenvalue weighted by Gasteiger charge is 2.11. The molecule has 0 amide bonds. The van der Waals surface area contributed by atoms with Crippen molar-refractivity contribution in [3.8, 4) is 0 Å². The minimum Gasteiger partial charge on any atom is -0.458 e. The second kappa shape index (κ2) is 3.10. The number of aryl methyl sites for hydroxylation is 1. The van der Waals surface area contributed by atoms with Gasteiger partial charge in [0, 0.05) is 5.39 Å². The van der Waals surface area contributed by atoms with E-state index in [-0.39, 0.29) is 5.82 Å². The van der Waals surface area contributed by atoms with E-state index in [1.54, 1.807) is 19.9 Å². The van der Waals surface area contributed by atoms with Crippen LogP contribution in [0.1, 0.15) is 24.4 Å². The van der Waals surface area contributed by atoms with E-state index in [2.05, 4.69) is 0 Å². The fraction of sp³-hybridized carbons (Fsp3) is 0.273. The van der Waals surface area contributed by atoms with Crippen LogP contribution >= 0.6 is 0 Å². The zero-order valence-corrected chi connectivity index (χ0v) is 8.04. The zero-order chi connectivity index (χ0) is 10.3. The minimum absolute atomic E-state index is 0.284. The summed E-state index contributed by atoms with van der Waals surface area (Å²) in [5, 5.41) is 9.99. The Hall–Kier alpha value is -1.35. The highest BCUT2D eigenvalue weighted by molar-refractivity contribution is 5.81. The van der Waals surface area contributed by atoms with Gasteiger partial charge in [0.05, 0.1) is 0 Å². The lowest BCUT2D eigenvalue weighted by Crippen LogP contribution is -1.85. The van der Waals surface area contributed by atoms with Crippen LogP contribution in [-0.2, 0) is 0 Å². The summed E-state index contributed by atoms with van der Waals surface area (Å²) in [6.45, 7) is 3.39. The molecule has 0 saturated heterocycles. The molecule has 2 rings (SSSR count). The van der Waals surface area contributed by atoms with Crippen LogP contribution in [0.3, 0.4) is 0 Å². The Morgan fingerprint density at radius 1 is 1.36 bits per heavy atom. The summed E-state index contributed by atoms with van der Waals surface area (Å²) in [5.41, 5.74) is 1.38. The molecule has 1 aromatic heterocycles. The van der Waals surface area contributed by atoms with E-state index in [1.807, 2.05) is 0 Å². The lowest BCUT2D eigenvalue weighted by molar-refractivity contribution is 0.172. The molecule has 1 atom stereocenters. The Morgan fingerprint density at radius 2 is 2.07 bits per heavy atom. The van der Waals surface area contributed by atoms with Gasteiger partial charge in [0.2, 0.25) is 0 Å². The largest absolute Gasteiger partial charge is 0.458 e. The third-order valence-electron chi connectivity index (χ3n) is 2.20. The van der Waals surface area contributed by atoms with Crippen molar-refractivity contribution in [2.45, 2.75) is 20.0 Å². The lowest BCUT2D eigenvalue weighted by atomic mass is 10.1. The SMILES string of the molecule is Cc1cc(F)cc2cc(C(C)O)oc12. The van der Waals surface area contributed by atoms with Crippen LogP contribution in [0.25, 0.3) is 11.0 Å². The third kappa shape index (κ3) is 1.40. The molecular formula is C11H11FO2. The maximum absolute atomic E-state index is 13.0. The van der Waals surface area contributed by atoms with E-state index in [0.717, 1.165) is 5.56 Å². The predicted molar refractivity (Wildman–Crippen MR) is 51.5 cm³/mol. The van der Waals surface area contributed by atoms with Crippen LogP contribution in [0, 0.1) is 12.7 Å². The molecule has 0 aliphatic heterocycles. The van der Waals surface area contributed by atoms with Gasteiger partial charge in [0.25, 0.3) is 0 Å². The Labute approximate surface area is 81.0 Å². The van der Waals surface area contributed by atoms with E-state index in [1.165, 1.54) is 12.1 Å². The molecule has 0 fully saturated rings.